The SMILES string of the molecule is CN=C(NCCCOC1CCOC1)NCCOCc1ccc(Cl)cc1.I. The lowest BCUT2D eigenvalue weighted by atomic mass is 10.2. The van der Waals surface area contributed by atoms with Crippen LogP contribution < -0.4 is 10.6 Å². The molecule has 1 heterocycles. The fraction of sp³-hybridized carbons (Fsp3) is 0.611. The third-order valence-corrected chi connectivity index (χ3v) is 4.05. The molecule has 1 aromatic carbocycles. The van der Waals surface area contributed by atoms with Gasteiger partial charge in [-0.15, -0.1) is 24.0 Å². The molecule has 1 atom stereocenters. The van der Waals surface area contributed by atoms with E-state index in [-0.39, 0.29) is 30.1 Å². The summed E-state index contributed by atoms with van der Waals surface area (Å²) in [6.45, 7) is 4.98. The molecule has 8 heteroatoms. The number of ether oxygens (including phenoxy) is 3. The number of hydrogen-bond donors (Lipinski definition) is 2. The van der Waals surface area contributed by atoms with Crippen LogP contribution in [0.3, 0.4) is 0 Å². The highest BCUT2D eigenvalue weighted by molar-refractivity contribution is 14.0. The quantitative estimate of drug-likeness (QED) is 0.225. The topological polar surface area (TPSA) is 64.1 Å². The molecule has 1 aromatic rings. The van der Waals surface area contributed by atoms with E-state index in [9.17, 15) is 0 Å². The van der Waals surface area contributed by atoms with E-state index < -0.39 is 0 Å². The molecule has 0 spiro atoms. The lowest BCUT2D eigenvalue weighted by Gasteiger charge is -2.13. The van der Waals surface area contributed by atoms with Crippen molar-refractivity contribution in [2.45, 2.75) is 25.6 Å². The van der Waals surface area contributed by atoms with E-state index in [0.29, 0.717) is 19.8 Å². The summed E-state index contributed by atoms with van der Waals surface area (Å²) in [4.78, 5) is 4.19. The minimum atomic E-state index is 0. The summed E-state index contributed by atoms with van der Waals surface area (Å²) >= 11 is 5.86. The minimum absolute atomic E-state index is 0. The van der Waals surface area contributed by atoms with E-state index in [2.05, 4.69) is 15.6 Å². The largest absolute Gasteiger partial charge is 0.379 e. The predicted octanol–water partition coefficient (Wildman–Crippen LogP) is 2.84. The molecule has 0 aromatic heterocycles. The monoisotopic (exact) mass is 497 g/mol. The number of guanidine groups is 1. The van der Waals surface area contributed by atoms with Crippen LogP contribution in [0.5, 0.6) is 0 Å². The van der Waals surface area contributed by atoms with Gasteiger partial charge in [-0.3, -0.25) is 4.99 Å². The molecule has 2 N–H and O–H groups in total. The zero-order valence-electron chi connectivity index (χ0n) is 15.2. The molecular formula is C18H29ClIN3O3. The van der Waals surface area contributed by atoms with Gasteiger partial charge in [0.05, 0.1) is 25.9 Å². The summed E-state index contributed by atoms with van der Waals surface area (Å²) in [5.74, 6) is 0.777. The second-order valence-electron chi connectivity index (χ2n) is 5.81. The molecule has 0 radical (unpaired) electrons. The highest BCUT2D eigenvalue weighted by Crippen LogP contribution is 2.10. The maximum Gasteiger partial charge on any atom is 0.191 e. The van der Waals surface area contributed by atoms with Crippen LogP contribution in [0.2, 0.25) is 5.02 Å². The van der Waals surface area contributed by atoms with Crippen LogP contribution in [0.4, 0.5) is 0 Å². The van der Waals surface area contributed by atoms with Crippen molar-refractivity contribution in [2.24, 2.45) is 4.99 Å². The van der Waals surface area contributed by atoms with Gasteiger partial charge in [0.1, 0.15) is 0 Å². The fourth-order valence-corrected chi connectivity index (χ4v) is 2.53. The van der Waals surface area contributed by atoms with Crippen molar-refractivity contribution in [1.82, 2.24) is 10.6 Å². The first-order valence-electron chi connectivity index (χ1n) is 8.74. The Morgan fingerprint density at radius 2 is 2.00 bits per heavy atom. The highest BCUT2D eigenvalue weighted by Gasteiger charge is 2.15. The van der Waals surface area contributed by atoms with Crippen molar-refractivity contribution >= 4 is 41.5 Å². The fourth-order valence-electron chi connectivity index (χ4n) is 2.41. The Morgan fingerprint density at radius 1 is 1.23 bits per heavy atom. The number of nitrogens with zero attached hydrogens (tertiary/aromatic N) is 1. The van der Waals surface area contributed by atoms with Gasteiger partial charge in [-0.25, -0.2) is 0 Å². The Bertz CT molecular complexity index is 511. The van der Waals surface area contributed by atoms with Crippen molar-refractivity contribution in [3.8, 4) is 0 Å². The van der Waals surface area contributed by atoms with Crippen LogP contribution in [-0.4, -0.2) is 58.6 Å². The van der Waals surface area contributed by atoms with Gasteiger partial charge in [0.25, 0.3) is 0 Å². The van der Waals surface area contributed by atoms with Crippen molar-refractivity contribution in [2.75, 3.05) is 46.6 Å². The first-order chi connectivity index (χ1) is 12.3. The zero-order valence-corrected chi connectivity index (χ0v) is 18.3. The molecule has 0 bridgehead atoms. The van der Waals surface area contributed by atoms with Crippen LogP contribution in [0.25, 0.3) is 0 Å². The molecule has 148 valence electrons. The van der Waals surface area contributed by atoms with Crippen LogP contribution in [0, 0.1) is 0 Å². The Labute approximate surface area is 178 Å². The summed E-state index contributed by atoms with van der Waals surface area (Å²) in [7, 11) is 1.76. The molecular weight excluding hydrogens is 469 g/mol. The summed E-state index contributed by atoms with van der Waals surface area (Å²) < 4.78 is 16.6. The van der Waals surface area contributed by atoms with Gasteiger partial charge in [-0.2, -0.15) is 0 Å². The Morgan fingerprint density at radius 3 is 2.69 bits per heavy atom. The molecule has 6 nitrogen and oxygen atoms in total. The molecule has 0 aliphatic carbocycles. The predicted molar refractivity (Wildman–Crippen MR) is 116 cm³/mol. The molecule has 26 heavy (non-hydrogen) atoms. The Balaban J connectivity index is 0.00000338. The van der Waals surface area contributed by atoms with Crippen molar-refractivity contribution in [3.63, 3.8) is 0 Å². The summed E-state index contributed by atoms with van der Waals surface area (Å²) in [6.07, 6.45) is 2.21. The van der Waals surface area contributed by atoms with E-state index in [1.165, 1.54) is 0 Å². The van der Waals surface area contributed by atoms with Gasteiger partial charge in [0, 0.05) is 38.4 Å². The number of rotatable bonds is 10. The van der Waals surface area contributed by atoms with Crippen molar-refractivity contribution in [3.05, 3.63) is 34.9 Å². The number of hydrogen-bond acceptors (Lipinski definition) is 4. The van der Waals surface area contributed by atoms with Crippen LogP contribution in [0.15, 0.2) is 29.3 Å². The Kier molecular flexibility index (Phi) is 13.0. The molecule has 1 saturated heterocycles. The summed E-state index contributed by atoms with van der Waals surface area (Å²) in [6, 6.07) is 7.67. The van der Waals surface area contributed by atoms with Gasteiger partial charge in [-0.05, 0) is 30.5 Å². The van der Waals surface area contributed by atoms with Crippen molar-refractivity contribution < 1.29 is 14.2 Å². The Hall–Kier alpha value is -0.610. The molecule has 1 aliphatic rings. The molecule has 2 rings (SSSR count). The normalized spacial score (nSPS) is 17.0. The van der Waals surface area contributed by atoms with E-state index in [4.69, 9.17) is 25.8 Å². The smallest absolute Gasteiger partial charge is 0.191 e. The minimum Gasteiger partial charge on any atom is -0.379 e. The van der Waals surface area contributed by atoms with Gasteiger partial charge in [0.2, 0.25) is 0 Å². The third-order valence-electron chi connectivity index (χ3n) is 3.80. The average Bonchev–Trinajstić information content (AvgIpc) is 3.14. The number of benzene rings is 1. The average molecular weight is 498 g/mol. The lowest BCUT2D eigenvalue weighted by molar-refractivity contribution is 0.0420. The van der Waals surface area contributed by atoms with Crippen LogP contribution in [-0.2, 0) is 20.8 Å². The molecule has 1 aliphatic heterocycles. The first kappa shape index (κ1) is 23.4. The maximum atomic E-state index is 5.86. The van der Waals surface area contributed by atoms with E-state index in [0.717, 1.165) is 55.8 Å². The second-order valence-corrected chi connectivity index (χ2v) is 6.25. The van der Waals surface area contributed by atoms with E-state index in [1.54, 1.807) is 7.05 Å². The summed E-state index contributed by atoms with van der Waals surface area (Å²) in [5.41, 5.74) is 1.11. The highest BCUT2D eigenvalue weighted by atomic mass is 127. The maximum absolute atomic E-state index is 5.86. The molecule has 0 saturated carbocycles. The van der Waals surface area contributed by atoms with Crippen molar-refractivity contribution in [1.29, 1.82) is 0 Å². The number of halogens is 2. The van der Waals surface area contributed by atoms with Gasteiger partial charge < -0.3 is 24.8 Å². The molecule has 1 fully saturated rings. The third kappa shape index (κ3) is 9.91. The summed E-state index contributed by atoms with van der Waals surface area (Å²) in [5, 5.41) is 7.23. The van der Waals surface area contributed by atoms with Gasteiger partial charge in [-0.1, -0.05) is 23.7 Å². The lowest BCUT2D eigenvalue weighted by Crippen LogP contribution is -2.39. The molecule has 1 unspecified atom stereocenters. The first-order valence-corrected chi connectivity index (χ1v) is 9.12. The van der Waals surface area contributed by atoms with Gasteiger partial charge >= 0.3 is 0 Å². The second kappa shape index (κ2) is 14.4. The number of aliphatic imine (C=N–C) groups is 1. The molecule has 0 amide bonds. The van der Waals surface area contributed by atoms with Crippen LogP contribution >= 0.6 is 35.6 Å². The van der Waals surface area contributed by atoms with E-state index >= 15 is 0 Å². The zero-order chi connectivity index (χ0) is 17.7. The number of nitrogens with one attached hydrogen (secondary N) is 2. The van der Waals surface area contributed by atoms with Crippen LogP contribution in [0.1, 0.15) is 18.4 Å². The van der Waals surface area contributed by atoms with Gasteiger partial charge in [0.15, 0.2) is 5.96 Å². The van der Waals surface area contributed by atoms with E-state index in [1.807, 2.05) is 24.3 Å². The standard InChI is InChI=1S/C18H28ClN3O3.HI/c1-20-18(21-8-2-10-25-17-7-11-23-14-17)22-9-12-24-13-15-3-5-16(19)6-4-15;/h3-6,17H,2,7-14H2,1H3,(H2,20,21,22);1H.